The van der Waals surface area contributed by atoms with Gasteiger partial charge in [-0.3, -0.25) is 0 Å². The van der Waals surface area contributed by atoms with Crippen LogP contribution in [0.4, 0.5) is 5.69 Å². The van der Waals surface area contributed by atoms with Gasteiger partial charge in [0.15, 0.2) is 0 Å². The predicted molar refractivity (Wildman–Crippen MR) is 113 cm³/mol. The molecule has 0 aliphatic carbocycles. The van der Waals surface area contributed by atoms with Gasteiger partial charge in [-0.25, -0.2) is 4.79 Å². The van der Waals surface area contributed by atoms with Crippen molar-refractivity contribution >= 4 is 46.5 Å². The number of hydrogen-bond acceptors (Lipinski definition) is 3. The van der Waals surface area contributed by atoms with Gasteiger partial charge in [-0.1, -0.05) is 59.1 Å². The van der Waals surface area contributed by atoms with Gasteiger partial charge in [-0.15, -0.1) is 0 Å². The lowest BCUT2D eigenvalue weighted by Gasteiger charge is -2.13. The number of rotatable bonds is 7. The minimum absolute atomic E-state index is 0.0672. The number of ether oxygens (including phenoxy) is 1. The van der Waals surface area contributed by atoms with Gasteiger partial charge in [0.2, 0.25) is 0 Å². The average Bonchev–Trinajstić information content (AvgIpc) is 2.67. The summed E-state index contributed by atoms with van der Waals surface area (Å²) in [6.45, 7) is 0.841. The van der Waals surface area contributed by atoms with Gasteiger partial charge >= 0.3 is 5.97 Å². The smallest absolute Gasteiger partial charge is 0.337 e. The van der Waals surface area contributed by atoms with E-state index in [1.807, 2.05) is 30.3 Å². The highest BCUT2D eigenvalue weighted by Crippen LogP contribution is 2.26. The van der Waals surface area contributed by atoms with E-state index >= 15 is 0 Å². The molecule has 0 fully saturated rings. The molecule has 3 rings (SSSR count). The number of aromatic carboxylic acids is 1. The van der Waals surface area contributed by atoms with Gasteiger partial charge in [0.05, 0.1) is 20.6 Å². The molecule has 0 saturated heterocycles. The van der Waals surface area contributed by atoms with Crippen LogP contribution in [0.15, 0.2) is 60.7 Å². The summed E-state index contributed by atoms with van der Waals surface area (Å²) >= 11 is 18.0. The van der Waals surface area contributed by atoms with Crippen LogP contribution in [0.25, 0.3) is 0 Å². The molecule has 0 bridgehead atoms. The molecule has 0 aliphatic rings. The van der Waals surface area contributed by atoms with E-state index in [1.54, 1.807) is 24.3 Å². The Balaban J connectivity index is 1.67. The fourth-order valence-corrected chi connectivity index (χ4v) is 3.16. The monoisotopic (exact) mass is 435 g/mol. The summed E-state index contributed by atoms with van der Waals surface area (Å²) in [7, 11) is 0. The van der Waals surface area contributed by atoms with Crippen LogP contribution in [-0.2, 0) is 13.2 Å². The molecule has 0 atom stereocenters. The van der Waals surface area contributed by atoms with Gasteiger partial charge in [-0.2, -0.15) is 0 Å². The van der Waals surface area contributed by atoms with Crippen molar-refractivity contribution in [2.24, 2.45) is 0 Å². The maximum absolute atomic E-state index is 11.0. The molecule has 0 saturated carbocycles. The second-order valence-electron chi connectivity index (χ2n) is 6.00. The van der Waals surface area contributed by atoms with Crippen molar-refractivity contribution in [2.75, 3.05) is 5.32 Å². The van der Waals surface area contributed by atoms with Crippen LogP contribution in [0.3, 0.4) is 0 Å². The van der Waals surface area contributed by atoms with Crippen LogP contribution in [0, 0.1) is 0 Å². The first-order valence-electron chi connectivity index (χ1n) is 8.35. The van der Waals surface area contributed by atoms with E-state index in [0.717, 1.165) is 16.9 Å². The van der Waals surface area contributed by atoms with E-state index in [4.69, 9.17) is 44.6 Å². The first-order chi connectivity index (χ1) is 13.4. The molecule has 0 unspecified atom stereocenters. The second-order valence-corrected chi connectivity index (χ2v) is 7.22. The highest BCUT2D eigenvalue weighted by atomic mass is 35.5. The summed E-state index contributed by atoms with van der Waals surface area (Å²) < 4.78 is 5.94. The number of nitrogens with one attached hydrogen (secondary N) is 1. The highest BCUT2D eigenvalue weighted by Gasteiger charge is 2.10. The average molecular weight is 437 g/mol. The first kappa shape index (κ1) is 20.3. The number of halogens is 3. The molecule has 7 heteroatoms. The minimum atomic E-state index is -1.06. The van der Waals surface area contributed by atoms with Crippen molar-refractivity contribution in [3.8, 4) is 5.75 Å². The van der Waals surface area contributed by atoms with Crippen LogP contribution < -0.4 is 10.1 Å². The van der Waals surface area contributed by atoms with Gasteiger partial charge in [0.1, 0.15) is 12.4 Å². The third-order valence-corrected chi connectivity index (χ3v) is 5.09. The van der Waals surface area contributed by atoms with E-state index in [1.165, 1.54) is 6.07 Å². The number of carbonyl (C=O) groups is 1. The van der Waals surface area contributed by atoms with E-state index in [2.05, 4.69) is 5.32 Å². The Morgan fingerprint density at radius 3 is 2.43 bits per heavy atom. The second kappa shape index (κ2) is 9.20. The highest BCUT2D eigenvalue weighted by molar-refractivity contribution is 6.42. The van der Waals surface area contributed by atoms with Crippen molar-refractivity contribution in [3.05, 3.63) is 92.4 Å². The lowest BCUT2D eigenvalue weighted by atomic mass is 10.1. The van der Waals surface area contributed by atoms with Crippen molar-refractivity contribution < 1.29 is 14.6 Å². The van der Waals surface area contributed by atoms with Crippen LogP contribution in [0.1, 0.15) is 21.5 Å². The molecule has 4 nitrogen and oxygen atoms in total. The van der Waals surface area contributed by atoms with Crippen molar-refractivity contribution in [3.63, 3.8) is 0 Å². The Bertz CT molecular complexity index is 1010. The molecule has 0 amide bonds. The van der Waals surface area contributed by atoms with E-state index < -0.39 is 5.97 Å². The predicted octanol–water partition coefficient (Wildman–Crippen LogP) is 6.54. The molecule has 0 radical (unpaired) electrons. The maximum atomic E-state index is 11.0. The number of benzene rings is 3. The molecule has 3 aromatic carbocycles. The number of hydrogen-bond donors (Lipinski definition) is 2. The maximum Gasteiger partial charge on any atom is 0.337 e. The lowest BCUT2D eigenvalue weighted by molar-refractivity contribution is 0.0697. The third-order valence-electron chi connectivity index (χ3n) is 4.03. The Labute approximate surface area is 177 Å². The number of anilines is 1. The molecule has 144 valence electrons. The molecule has 2 N–H and O–H groups in total. The molecule has 28 heavy (non-hydrogen) atoms. The minimum Gasteiger partial charge on any atom is -0.489 e. The molecular weight excluding hydrogens is 421 g/mol. The van der Waals surface area contributed by atoms with Crippen molar-refractivity contribution in [1.29, 1.82) is 0 Å². The van der Waals surface area contributed by atoms with Crippen LogP contribution in [-0.4, -0.2) is 11.1 Å². The van der Waals surface area contributed by atoms with Crippen LogP contribution in [0.2, 0.25) is 15.1 Å². The topological polar surface area (TPSA) is 58.6 Å². The van der Waals surface area contributed by atoms with E-state index in [-0.39, 0.29) is 10.6 Å². The summed E-state index contributed by atoms with van der Waals surface area (Å²) in [5, 5.41) is 13.4. The third kappa shape index (κ3) is 5.10. The Morgan fingerprint density at radius 1 is 0.929 bits per heavy atom. The standard InChI is InChI=1S/C21H16Cl3NO3/c22-17-8-5-13(9-19(17)24)12-28-20-4-2-1-3-14(20)11-25-15-6-7-16(21(26)27)18(23)10-15/h1-10,25H,11-12H2,(H,26,27). The molecular formula is C21H16Cl3NO3. The molecule has 3 aromatic rings. The molecule has 0 spiro atoms. The largest absolute Gasteiger partial charge is 0.489 e. The van der Waals surface area contributed by atoms with Gasteiger partial charge < -0.3 is 15.2 Å². The van der Waals surface area contributed by atoms with Crippen LogP contribution in [0.5, 0.6) is 5.75 Å². The summed E-state index contributed by atoms with van der Waals surface area (Å²) in [6, 6.07) is 17.8. The van der Waals surface area contributed by atoms with Gasteiger partial charge in [0.25, 0.3) is 0 Å². The Hall–Kier alpha value is -2.40. The summed E-state index contributed by atoms with van der Waals surface area (Å²) in [5.74, 6) is -0.327. The number of carboxylic acids is 1. The molecule has 0 heterocycles. The Morgan fingerprint density at radius 2 is 1.71 bits per heavy atom. The van der Waals surface area contributed by atoms with E-state index in [9.17, 15) is 4.79 Å². The van der Waals surface area contributed by atoms with Crippen LogP contribution >= 0.6 is 34.8 Å². The zero-order valence-electron chi connectivity index (χ0n) is 14.6. The number of carboxylic acid groups (broad SMARTS) is 1. The Kier molecular flexibility index (Phi) is 6.68. The molecule has 0 aliphatic heterocycles. The molecule has 0 aromatic heterocycles. The number of para-hydroxylation sites is 1. The van der Waals surface area contributed by atoms with Crippen molar-refractivity contribution in [2.45, 2.75) is 13.2 Å². The fourth-order valence-electron chi connectivity index (χ4n) is 2.58. The zero-order chi connectivity index (χ0) is 20.1. The fraction of sp³-hybridized carbons (Fsp3) is 0.0952. The summed E-state index contributed by atoms with van der Waals surface area (Å²) in [4.78, 5) is 11.0. The lowest BCUT2D eigenvalue weighted by Crippen LogP contribution is -2.04. The summed E-state index contributed by atoms with van der Waals surface area (Å²) in [6.07, 6.45) is 0. The van der Waals surface area contributed by atoms with Gasteiger partial charge in [0, 0.05) is 17.8 Å². The quantitative estimate of drug-likeness (QED) is 0.442. The van der Waals surface area contributed by atoms with Gasteiger partial charge in [-0.05, 0) is 42.0 Å². The normalized spacial score (nSPS) is 10.5. The van der Waals surface area contributed by atoms with Crippen molar-refractivity contribution in [1.82, 2.24) is 0 Å². The first-order valence-corrected chi connectivity index (χ1v) is 9.49. The summed E-state index contributed by atoms with van der Waals surface area (Å²) in [5.41, 5.74) is 2.64. The van der Waals surface area contributed by atoms with E-state index in [0.29, 0.717) is 28.9 Å². The zero-order valence-corrected chi connectivity index (χ0v) is 16.9. The SMILES string of the molecule is O=C(O)c1ccc(NCc2ccccc2OCc2ccc(Cl)c(Cl)c2)cc1Cl.